The van der Waals surface area contributed by atoms with Gasteiger partial charge in [0.2, 0.25) is 0 Å². The Morgan fingerprint density at radius 3 is 2.94 bits per heavy atom. The predicted molar refractivity (Wildman–Crippen MR) is 61.3 cm³/mol. The minimum atomic E-state index is -0.344. The third-order valence-electron chi connectivity index (χ3n) is 3.20. The average Bonchev–Trinajstić information content (AvgIpc) is 2.87. The maximum Gasteiger partial charge on any atom is 0.157 e. The van der Waals surface area contributed by atoms with Gasteiger partial charge >= 0.3 is 0 Å². The summed E-state index contributed by atoms with van der Waals surface area (Å²) in [6.45, 7) is 0.377. The zero-order valence-electron chi connectivity index (χ0n) is 9.80. The third-order valence-corrected chi connectivity index (χ3v) is 3.20. The molecule has 0 saturated heterocycles. The lowest BCUT2D eigenvalue weighted by Gasteiger charge is -2.15. The largest absolute Gasteiger partial charge is 0.488 e. The van der Waals surface area contributed by atoms with Crippen LogP contribution in [0.15, 0.2) is 12.4 Å². The summed E-state index contributed by atoms with van der Waals surface area (Å²) in [5.74, 6) is 1.43. The van der Waals surface area contributed by atoms with Gasteiger partial charge in [0, 0.05) is 7.05 Å². The van der Waals surface area contributed by atoms with Crippen molar-refractivity contribution in [2.24, 2.45) is 13.0 Å². The second-order valence-corrected chi connectivity index (χ2v) is 4.70. The number of rotatable bonds is 5. The highest BCUT2D eigenvalue weighted by atomic mass is 16.5. The summed E-state index contributed by atoms with van der Waals surface area (Å²) >= 11 is 0. The van der Waals surface area contributed by atoms with Crippen LogP contribution in [0.25, 0.3) is 0 Å². The molecule has 4 nitrogen and oxygen atoms in total. The first kappa shape index (κ1) is 11.5. The Bertz CT molecular complexity index is 319. The molecule has 1 heterocycles. The van der Waals surface area contributed by atoms with Crippen LogP contribution in [0.1, 0.15) is 32.1 Å². The van der Waals surface area contributed by atoms with Crippen molar-refractivity contribution in [3.05, 3.63) is 12.4 Å². The number of aromatic nitrogens is 2. The second-order valence-electron chi connectivity index (χ2n) is 4.70. The Labute approximate surface area is 96.2 Å². The molecule has 1 aliphatic carbocycles. The number of aliphatic hydroxyl groups excluding tert-OH is 1. The molecule has 1 aromatic heterocycles. The zero-order chi connectivity index (χ0) is 11.4. The van der Waals surface area contributed by atoms with Gasteiger partial charge in [-0.1, -0.05) is 25.7 Å². The van der Waals surface area contributed by atoms with Crippen molar-refractivity contribution in [1.82, 2.24) is 9.78 Å². The molecule has 4 heteroatoms. The van der Waals surface area contributed by atoms with Crippen LogP contribution in [0.5, 0.6) is 5.75 Å². The molecule has 0 aromatic carbocycles. The van der Waals surface area contributed by atoms with Crippen LogP contribution in [0, 0.1) is 5.92 Å². The number of nitrogens with zero attached hydrogens (tertiary/aromatic N) is 2. The summed E-state index contributed by atoms with van der Waals surface area (Å²) < 4.78 is 7.16. The van der Waals surface area contributed by atoms with Crippen molar-refractivity contribution in [2.75, 3.05) is 6.61 Å². The van der Waals surface area contributed by atoms with E-state index in [1.165, 1.54) is 25.7 Å². The van der Waals surface area contributed by atoms with E-state index in [4.69, 9.17) is 4.74 Å². The Hall–Kier alpha value is -1.03. The van der Waals surface area contributed by atoms with E-state index in [1.54, 1.807) is 10.9 Å². The summed E-state index contributed by atoms with van der Waals surface area (Å²) in [6, 6.07) is 0. The maximum atomic E-state index is 9.83. The quantitative estimate of drug-likeness (QED) is 0.828. The summed E-state index contributed by atoms with van der Waals surface area (Å²) in [5, 5.41) is 13.8. The van der Waals surface area contributed by atoms with E-state index in [1.807, 2.05) is 13.2 Å². The number of aryl methyl sites for hydroxylation is 1. The number of hydrogen-bond donors (Lipinski definition) is 1. The van der Waals surface area contributed by atoms with Crippen molar-refractivity contribution >= 4 is 0 Å². The molecule has 0 radical (unpaired) electrons. The monoisotopic (exact) mass is 224 g/mol. The van der Waals surface area contributed by atoms with Crippen LogP contribution in [-0.4, -0.2) is 27.6 Å². The standard InChI is InChI=1S/C12H20N2O2/c1-14-8-12(7-13-14)16-9-11(15)6-10-4-2-3-5-10/h7-8,10-11,15H,2-6,9H2,1H3. The second kappa shape index (κ2) is 5.34. The van der Waals surface area contributed by atoms with Crippen LogP contribution in [-0.2, 0) is 7.05 Å². The molecule has 0 amide bonds. The van der Waals surface area contributed by atoms with Crippen LogP contribution in [0.4, 0.5) is 0 Å². The molecule has 2 rings (SSSR count). The van der Waals surface area contributed by atoms with Gasteiger partial charge in [0.1, 0.15) is 6.61 Å². The van der Waals surface area contributed by atoms with Crippen molar-refractivity contribution < 1.29 is 9.84 Å². The van der Waals surface area contributed by atoms with Crippen molar-refractivity contribution in [3.63, 3.8) is 0 Å². The molecule has 1 atom stereocenters. The molecule has 90 valence electrons. The molecular weight excluding hydrogens is 204 g/mol. The van der Waals surface area contributed by atoms with Crippen molar-refractivity contribution in [3.8, 4) is 5.75 Å². The molecule has 1 aliphatic rings. The fourth-order valence-corrected chi connectivity index (χ4v) is 2.36. The maximum absolute atomic E-state index is 9.83. The molecule has 16 heavy (non-hydrogen) atoms. The predicted octanol–water partition coefficient (Wildman–Crippen LogP) is 1.74. The molecule has 0 spiro atoms. The lowest BCUT2D eigenvalue weighted by Crippen LogP contribution is -2.20. The van der Waals surface area contributed by atoms with E-state index in [0.717, 1.165) is 12.2 Å². The molecule has 0 bridgehead atoms. The van der Waals surface area contributed by atoms with Gasteiger partial charge in [0.15, 0.2) is 5.75 Å². The van der Waals surface area contributed by atoms with Crippen LogP contribution in [0.2, 0.25) is 0 Å². The Morgan fingerprint density at radius 2 is 2.31 bits per heavy atom. The Morgan fingerprint density at radius 1 is 1.56 bits per heavy atom. The normalized spacial score (nSPS) is 18.9. The van der Waals surface area contributed by atoms with Gasteiger partial charge in [-0.3, -0.25) is 4.68 Å². The summed E-state index contributed by atoms with van der Waals surface area (Å²) in [6.07, 6.45) is 9.18. The highest BCUT2D eigenvalue weighted by Gasteiger charge is 2.19. The fourth-order valence-electron chi connectivity index (χ4n) is 2.36. The topological polar surface area (TPSA) is 47.3 Å². The lowest BCUT2D eigenvalue weighted by molar-refractivity contribution is 0.0855. The lowest BCUT2D eigenvalue weighted by atomic mass is 10.0. The smallest absolute Gasteiger partial charge is 0.157 e. The molecule has 1 unspecified atom stereocenters. The Kier molecular flexibility index (Phi) is 3.83. The Balaban J connectivity index is 1.68. The van der Waals surface area contributed by atoms with Crippen molar-refractivity contribution in [2.45, 2.75) is 38.2 Å². The molecule has 1 fully saturated rings. The highest BCUT2D eigenvalue weighted by molar-refractivity contribution is 5.11. The SMILES string of the molecule is Cn1cc(OCC(O)CC2CCCC2)cn1. The summed E-state index contributed by atoms with van der Waals surface area (Å²) in [5.41, 5.74) is 0. The van der Waals surface area contributed by atoms with E-state index >= 15 is 0 Å². The molecule has 1 aromatic rings. The van der Waals surface area contributed by atoms with E-state index in [0.29, 0.717) is 12.5 Å². The van der Waals surface area contributed by atoms with Gasteiger partial charge in [-0.05, 0) is 12.3 Å². The first-order valence-corrected chi connectivity index (χ1v) is 6.03. The van der Waals surface area contributed by atoms with Gasteiger partial charge in [-0.2, -0.15) is 5.10 Å². The van der Waals surface area contributed by atoms with E-state index in [9.17, 15) is 5.11 Å². The van der Waals surface area contributed by atoms with E-state index in [-0.39, 0.29) is 6.10 Å². The number of hydrogen-bond acceptors (Lipinski definition) is 3. The van der Waals surface area contributed by atoms with Gasteiger partial charge in [0.05, 0.1) is 18.5 Å². The fraction of sp³-hybridized carbons (Fsp3) is 0.750. The van der Waals surface area contributed by atoms with Gasteiger partial charge < -0.3 is 9.84 Å². The van der Waals surface area contributed by atoms with Crippen LogP contribution < -0.4 is 4.74 Å². The van der Waals surface area contributed by atoms with Crippen LogP contribution in [0.3, 0.4) is 0 Å². The molecule has 1 N–H and O–H groups in total. The third kappa shape index (κ3) is 3.23. The summed E-state index contributed by atoms with van der Waals surface area (Å²) in [4.78, 5) is 0. The van der Waals surface area contributed by atoms with Crippen molar-refractivity contribution in [1.29, 1.82) is 0 Å². The van der Waals surface area contributed by atoms with Gasteiger partial charge in [0.25, 0.3) is 0 Å². The average molecular weight is 224 g/mol. The first-order chi connectivity index (χ1) is 7.74. The minimum Gasteiger partial charge on any atom is -0.488 e. The van der Waals surface area contributed by atoms with E-state index in [2.05, 4.69) is 5.10 Å². The first-order valence-electron chi connectivity index (χ1n) is 6.03. The van der Waals surface area contributed by atoms with Crippen LogP contribution >= 0.6 is 0 Å². The molecule has 1 saturated carbocycles. The zero-order valence-corrected chi connectivity index (χ0v) is 9.80. The minimum absolute atomic E-state index is 0.344. The van der Waals surface area contributed by atoms with Gasteiger partial charge in [-0.25, -0.2) is 0 Å². The molecular formula is C12H20N2O2. The number of aliphatic hydroxyl groups is 1. The number of ether oxygens (including phenoxy) is 1. The summed E-state index contributed by atoms with van der Waals surface area (Å²) in [7, 11) is 1.85. The van der Waals surface area contributed by atoms with Gasteiger partial charge in [-0.15, -0.1) is 0 Å². The molecule has 0 aliphatic heterocycles. The highest BCUT2D eigenvalue weighted by Crippen LogP contribution is 2.28. The van der Waals surface area contributed by atoms with E-state index < -0.39 is 0 Å².